The first-order valence-electron chi connectivity index (χ1n) is 3.69. The highest BCUT2D eigenvalue weighted by molar-refractivity contribution is 7.14. The van der Waals surface area contributed by atoms with E-state index in [2.05, 4.69) is 5.32 Å². The van der Waals surface area contributed by atoms with Gasteiger partial charge in [0.05, 0.1) is 11.4 Å². The van der Waals surface area contributed by atoms with Crippen molar-refractivity contribution >= 4 is 22.3 Å². The number of rotatable bonds is 4. The van der Waals surface area contributed by atoms with Crippen molar-refractivity contribution < 1.29 is 9.90 Å². The molecule has 0 spiro atoms. The standard InChI is InChI=1S/C8H11NO2S/c1-6-4-7(12-5-6)9-3-2-8(10)11/h4-5,9H,2-3H2,1H3,(H,10,11). The molecule has 0 atom stereocenters. The molecule has 1 heterocycles. The van der Waals surface area contributed by atoms with Crippen molar-refractivity contribution in [3.8, 4) is 0 Å². The van der Waals surface area contributed by atoms with Gasteiger partial charge in [0.15, 0.2) is 0 Å². The molecule has 4 heteroatoms. The second kappa shape index (κ2) is 4.11. The lowest BCUT2D eigenvalue weighted by Gasteiger charge is -1.98. The van der Waals surface area contributed by atoms with Crippen LogP contribution >= 0.6 is 11.3 Å². The van der Waals surface area contributed by atoms with Crippen LogP contribution in [-0.4, -0.2) is 17.6 Å². The molecule has 0 amide bonds. The third-order valence-corrected chi connectivity index (χ3v) is 2.37. The number of thiophene rings is 1. The second-order valence-electron chi connectivity index (χ2n) is 2.56. The molecule has 0 aromatic carbocycles. The predicted molar refractivity (Wildman–Crippen MR) is 49.8 cm³/mol. The maximum absolute atomic E-state index is 10.2. The van der Waals surface area contributed by atoms with Gasteiger partial charge in [-0.15, -0.1) is 11.3 Å². The van der Waals surface area contributed by atoms with Gasteiger partial charge in [-0.2, -0.15) is 0 Å². The summed E-state index contributed by atoms with van der Waals surface area (Å²) in [5.74, 6) is -0.768. The van der Waals surface area contributed by atoms with Crippen LogP contribution in [0.4, 0.5) is 5.00 Å². The minimum Gasteiger partial charge on any atom is -0.481 e. The number of aryl methyl sites for hydroxylation is 1. The van der Waals surface area contributed by atoms with Crippen LogP contribution in [0.25, 0.3) is 0 Å². The van der Waals surface area contributed by atoms with Gasteiger partial charge in [0.1, 0.15) is 0 Å². The van der Waals surface area contributed by atoms with Gasteiger partial charge in [0.25, 0.3) is 0 Å². The third-order valence-electron chi connectivity index (χ3n) is 1.37. The molecule has 0 radical (unpaired) electrons. The highest BCUT2D eigenvalue weighted by Gasteiger charge is 1.97. The summed E-state index contributed by atoms with van der Waals surface area (Å²) in [5, 5.41) is 14.5. The Morgan fingerprint density at radius 1 is 1.75 bits per heavy atom. The van der Waals surface area contributed by atoms with E-state index in [1.54, 1.807) is 11.3 Å². The van der Waals surface area contributed by atoms with E-state index in [0.717, 1.165) is 5.00 Å². The number of anilines is 1. The molecular formula is C8H11NO2S. The predicted octanol–water partition coefficient (Wildman–Crippen LogP) is 1.94. The topological polar surface area (TPSA) is 49.3 Å². The van der Waals surface area contributed by atoms with Crippen LogP contribution in [0, 0.1) is 6.92 Å². The Labute approximate surface area is 75.0 Å². The highest BCUT2D eigenvalue weighted by Crippen LogP contribution is 2.18. The largest absolute Gasteiger partial charge is 0.481 e. The van der Waals surface area contributed by atoms with Gasteiger partial charge < -0.3 is 10.4 Å². The fourth-order valence-corrected chi connectivity index (χ4v) is 1.64. The molecule has 1 aromatic rings. The van der Waals surface area contributed by atoms with Gasteiger partial charge in [-0.25, -0.2) is 0 Å². The highest BCUT2D eigenvalue weighted by atomic mass is 32.1. The smallest absolute Gasteiger partial charge is 0.305 e. The van der Waals surface area contributed by atoms with Gasteiger partial charge in [0, 0.05) is 6.54 Å². The minimum atomic E-state index is -0.768. The van der Waals surface area contributed by atoms with Gasteiger partial charge in [0.2, 0.25) is 0 Å². The average molecular weight is 185 g/mol. The summed E-state index contributed by atoms with van der Waals surface area (Å²) < 4.78 is 0. The lowest BCUT2D eigenvalue weighted by atomic mass is 10.4. The summed E-state index contributed by atoms with van der Waals surface area (Å²) in [4.78, 5) is 10.2. The van der Waals surface area contributed by atoms with E-state index in [9.17, 15) is 4.79 Å². The first-order chi connectivity index (χ1) is 5.68. The summed E-state index contributed by atoms with van der Waals surface area (Å²) >= 11 is 1.60. The average Bonchev–Trinajstić information content (AvgIpc) is 2.35. The van der Waals surface area contributed by atoms with Crippen LogP contribution < -0.4 is 5.32 Å². The van der Waals surface area contributed by atoms with Crippen LogP contribution in [-0.2, 0) is 4.79 Å². The van der Waals surface area contributed by atoms with Gasteiger partial charge >= 0.3 is 5.97 Å². The number of nitrogens with one attached hydrogen (secondary N) is 1. The maximum atomic E-state index is 10.2. The Hall–Kier alpha value is -1.03. The lowest BCUT2D eigenvalue weighted by Crippen LogP contribution is -2.06. The van der Waals surface area contributed by atoms with E-state index < -0.39 is 5.97 Å². The molecule has 0 aliphatic rings. The molecule has 66 valence electrons. The van der Waals surface area contributed by atoms with E-state index in [1.165, 1.54) is 5.56 Å². The summed E-state index contributed by atoms with van der Waals surface area (Å²) in [7, 11) is 0. The Kier molecular flexibility index (Phi) is 3.10. The molecule has 0 aliphatic heterocycles. The number of carboxylic acids is 1. The minimum absolute atomic E-state index is 0.164. The Morgan fingerprint density at radius 2 is 2.50 bits per heavy atom. The van der Waals surface area contributed by atoms with E-state index in [1.807, 2.05) is 18.4 Å². The summed E-state index contributed by atoms with van der Waals surface area (Å²) in [6.07, 6.45) is 0.164. The molecular weight excluding hydrogens is 174 g/mol. The number of hydrogen-bond acceptors (Lipinski definition) is 3. The van der Waals surface area contributed by atoms with E-state index in [4.69, 9.17) is 5.11 Å². The van der Waals surface area contributed by atoms with E-state index >= 15 is 0 Å². The number of carboxylic acid groups (broad SMARTS) is 1. The molecule has 3 nitrogen and oxygen atoms in total. The monoisotopic (exact) mass is 185 g/mol. The van der Waals surface area contributed by atoms with Crippen molar-refractivity contribution in [3.63, 3.8) is 0 Å². The van der Waals surface area contributed by atoms with Crippen molar-refractivity contribution in [1.82, 2.24) is 0 Å². The molecule has 0 bridgehead atoms. The van der Waals surface area contributed by atoms with Crippen LogP contribution in [0.2, 0.25) is 0 Å². The van der Waals surface area contributed by atoms with Crippen LogP contribution in [0.5, 0.6) is 0 Å². The Balaban J connectivity index is 2.29. The molecule has 0 fully saturated rings. The Bertz CT molecular complexity index is 270. The van der Waals surface area contributed by atoms with Gasteiger partial charge in [-0.05, 0) is 23.9 Å². The molecule has 1 rings (SSSR count). The van der Waals surface area contributed by atoms with Crippen molar-refractivity contribution in [1.29, 1.82) is 0 Å². The van der Waals surface area contributed by atoms with Crippen LogP contribution in [0.1, 0.15) is 12.0 Å². The number of aliphatic carboxylic acids is 1. The van der Waals surface area contributed by atoms with Crippen molar-refractivity contribution in [2.24, 2.45) is 0 Å². The molecule has 0 unspecified atom stereocenters. The van der Waals surface area contributed by atoms with E-state index in [0.29, 0.717) is 6.54 Å². The van der Waals surface area contributed by atoms with Crippen molar-refractivity contribution in [2.45, 2.75) is 13.3 Å². The molecule has 2 N–H and O–H groups in total. The molecule has 1 aromatic heterocycles. The van der Waals surface area contributed by atoms with E-state index in [-0.39, 0.29) is 6.42 Å². The zero-order valence-electron chi connectivity index (χ0n) is 6.83. The zero-order valence-corrected chi connectivity index (χ0v) is 7.65. The second-order valence-corrected chi connectivity index (χ2v) is 3.47. The summed E-state index contributed by atoms with van der Waals surface area (Å²) in [6.45, 7) is 2.51. The van der Waals surface area contributed by atoms with Crippen molar-refractivity contribution in [3.05, 3.63) is 17.0 Å². The fraction of sp³-hybridized carbons (Fsp3) is 0.375. The maximum Gasteiger partial charge on any atom is 0.305 e. The molecule has 12 heavy (non-hydrogen) atoms. The normalized spacial score (nSPS) is 9.75. The molecule has 0 saturated carbocycles. The van der Waals surface area contributed by atoms with Gasteiger partial charge in [-0.1, -0.05) is 0 Å². The van der Waals surface area contributed by atoms with Crippen LogP contribution in [0.3, 0.4) is 0 Å². The SMILES string of the molecule is Cc1csc(NCCC(=O)O)c1. The third kappa shape index (κ3) is 2.92. The summed E-state index contributed by atoms with van der Waals surface area (Å²) in [5.41, 5.74) is 1.21. The Morgan fingerprint density at radius 3 is 3.00 bits per heavy atom. The first-order valence-corrected chi connectivity index (χ1v) is 4.57. The van der Waals surface area contributed by atoms with Gasteiger partial charge in [-0.3, -0.25) is 4.79 Å². The summed E-state index contributed by atoms with van der Waals surface area (Å²) in [6, 6.07) is 2.01. The lowest BCUT2D eigenvalue weighted by molar-refractivity contribution is -0.136. The number of carbonyl (C=O) groups is 1. The van der Waals surface area contributed by atoms with Crippen molar-refractivity contribution in [2.75, 3.05) is 11.9 Å². The zero-order chi connectivity index (χ0) is 8.97. The first kappa shape index (κ1) is 9.06. The quantitative estimate of drug-likeness (QED) is 0.753. The molecule has 0 saturated heterocycles. The molecule has 0 aliphatic carbocycles. The number of hydrogen-bond donors (Lipinski definition) is 2. The van der Waals surface area contributed by atoms with Crippen LogP contribution in [0.15, 0.2) is 11.4 Å². The fourth-order valence-electron chi connectivity index (χ4n) is 0.817.